The van der Waals surface area contributed by atoms with Crippen molar-refractivity contribution in [2.45, 2.75) is 45.3 Å². The van der Waals surface area contributed by atoms with Crippen molar-refractivity contribution in [3.05, 3.63) is 0 Å². The van der Waals surface area contributed by atoms with Crippen LogP contribution in [0.5, 0.6) is 0 Å². The van der Waals surface area contributed by atoms with Gasteiger partial charge in [0.25, 0.3) is 0 Å². The zero-order valence-electron chi connectivity index (χ0n) is 9.68. The summed E-state index contributed by atoms with van der Waals surface area (Å²) in [7, 11) is 0. The van der Waals surface area contributed by atoms with E-state index in [9.17, 15) is 18.0 Å². The van der Waals surface area contributed by atoms with Crippen molar-refractivity contribution in [2.75, 3.05) is 13.1 Å². The van der Waals surface area contributed by atoms with Crippen molar-refractivity contribution in [1.29, 1.82) is 0 Å². The molecule has 0 rings (SSSR count). The molecule has 2 N–H and O–H groups in total. The van der Waals surface area contributed by atoms with E-state index >= 15 is 0 Å². The van der Waals surface area contributed by atoms with E-state index in [4.69, 9.17) is 5.73 Å². The fourth-order valence-electron chi connectivity index (χ4n) is 1.32. The first kappa shape index (κ1) is 15.2. The third-order valence-corrected chi connectivity index (χ3v) is 2.17. The summed E-state index contributed by atoms with van der Waals surface area (Å²) >= 11 is 0. The van der Waals surface area contributed by atoms with Gasteiger partial charge in [0.15, 0.2) is 0 Å². The molecule has 0 atom stereocenters. The minimum Gasteiger partial charge on any atom is -0.340 e. The number of carbonyl (C=O) groups excluding carboxylic acids is 1. The molecule has 16 heavy (non-hydrogen) atoms. The van der Waals surface area contributed by atoms with Gasteiger partial charge >= 0.3 is 6.18 Å². The Morgan fingerprint density at radius 3 is 2.31 bits per heavy atom. The molecule has 0 saturated carbocycles. The van der Waals surface area contributed by atoms with Crippen molar-refractivity contribution >= 4 is 5.91 Å². The molecule has 3 nitrogen and oxygen atoms in total. The molecule has 1 amide bonds. The summed E-state index contributed by atoms with van der Waals surface area (Å²) in [6.07, 6.45) is -5.20. The number of alkyl halides is 3. The normalized spacial score (nSPS) is 11.9. The Hall–Kier alpha value is -0.780. The Morgan fingerprint density at radius 2 is 1.94 bits per heavy atom. The summed E-state index contributed by atoms with van der Waals surface area (Å²) in [6.45, 7) is 4.41. The number of amides is 1. The monoisotopic (exact) mass is 240 g/mol. The highest BCUT2D eigenvalue weighted by molar-refractivity contribution is 5.76. The van der Waals surface area contributed by atoms with Gasteiger partial charge in [-0.1, -0.05) is 0 Å². The Bertz CT molecular complexity index is 217. The van der Waals surface area contributed by atoms with Gasteiger partial charge in [-0.05, 0) is 26.8 Å². The lowest BCUT2D eigenvalue weighted by Crippen LogP contribution is -2.38. The summed E-state index contributed by atoms with van der Waals surface area (Å²) in [5.74, 6) is -0.458. The molecule has 0 radical (unpaired) electrons. The van der Waals surface area contributed by atoms with Gasteiger partial charge < -0.3 is 10.6 Å². The Balaban J connectivity index is 4.17. The van der Waals surface area contributed by atoms with E-state index in [2.05, 4.69) is 0 Å². The first-order valence-corrected chi connectivity index (χ1v) is 5.34. The Labute approximate surface area is 93.8 Å². The molecule has 0 bridgehead atoms. The maximum absolute atomic E-state index is 11.9. The van der Waals surface area contributed by atoms with E-state index in [1.54, 1.807) is 13.8 Å². The van der Waals surface area contributed by atoms with E-state index in [1.807, 2.05) is 0 Å². The average molecular weight is 240 g/mol. The van der Waals surface area contributed by atoms with Crippen LogP contribution in [0.3, 0.4) is 0 Å². The number of nitrogens with two attached hydrogens (primary N) is 1. The number of rotatable bonds is 6. The highest BCUT2D eigenvalue weighted by Crippen LogP contribution is 2.22. The van der Waals surface area contributed by atoms with Crippen molar-refractivity contribution in [3.8, 4) is 0 Å². The molecule has 0 aromatic carbocycles. The lowest BCUT2D eigenvalue weighted by Gasteiger charge is -2.26. The van der Waals surface area contributed by atoms with E-state index in [0.29, 0.717) is 19.5 Å². The third-order valence-electron chi connectivity index (χ3n) is 2.17. The molecule has 0 aliphatic carbocycles. The summed E-state index contributed by atoms with van der Waals surface area (Å²) in [5.41, 5.74) is 5.30. The zero-order chi connectivity index (χ0) is 12.8. The van der Waals surface area contributed by atoms with Crippen LogP contribution in [0.1, 0.15) is 33.1 Å². The van der Waals surface area contributed by atoms with E-state index in [0.717, 1.165) is 0 Å². The lowest BCUT2D eigenvalue weighted by molar-refractivity contribution is -0.150. The summed E-state index contributed by atoms with van der Waals surface area (Å²) in [4.78, 5) is 13.0. The van der Waals surface area contributed by atoms with Gasteiger partial charge in [0.2, 0.25) is 5.91 Å². The van der Waals surface area contributed by atoms with Gasteiger partial charge in [0.1, 0.15) is 0 Å². The lowest BCUT2D eigenvalue weighted by atomic mass is 10.2. The van der Waals surface area contributed by atoms with Gasteiger partial charge in [-0.25, -0.2) is 0 Å². The predicted octanol–water partition coefficient (Wildman–Crippen LogP) is 1.91. The first-order chi connectivity index (χ1) is 7.28. The summed E-state index contributed by atoms with van der Waals surface area (Å²) in [5, 5.41) is 0. The highest BCUT2D eigenvalue weighted by atomic mass is 19.4. The molecule has 0 saturated heterocycles. The van der Waals surface area contributed by atoms with Crippen LogP contribution in [-0.2, 0) is 4.79 Å². The predicted molar refractivity (Wildman–Crippen MR) is 55.8 cm³/mol. The van der Waals surface area contributed by atoms with E-state index in [-0.39, 0.29) is 6.04 Å². The number of halogens is 3. The molecule has 0 unspecified atom stereocenters. The first-order valence-electron chi connectivity index (χ1n) is 5.34. The summed E-state index contributed by atoms with van der Waals surface area (Å²) in [6, 6.07) is -0.0905. The Kier molecular flexibility index (Phi) is 6.40. The number of hydrogen-bond donors (Lipinski definition) is 1. The number of carbonyl (C=O) groups is 1. The van der Waals surface area contributed by atoms with Crippen molar-refractivity contribution < 1.29 is 18.0 Å². The van der Waals surface area contributed by atoms with Gasteiger partial charge in [-0.2, -0.15) is 13.2 Å². The third kappa shape index (κ3) is 6.66. The summed E-state index contributed by atoms with van der Waals surface area (Å²) < 4.78 is 35.8. The molecule has 0 aliphatic rings. The second-order valence-electron chi connectivity index (χ2n) is 3.94. The van der Waals surface area contributed by atoms with E-state index in [1.165, 1.54) is 4.90 Å². The molecule has 0 fully saturated rings. The fraction of sp³-hybridized carbons (Fsp3) is 0.900. The minimum absolute atomic E-state index is 0.0905. The molecule has 6 heteroatoms. The van der Waals surface area contributed by atoms with Crippen LogP contribution >= 0.6 is 0 Å². The maximum atomic E-state index is 11.9. The molecule has 0 aromatic rings. The fourth-order valence-corrected chi connectivity index (χ4v) is 1.32. The van der Waals surface area contributed by atoms with E-state index < -0.39 is 24.9 Å². The maximum Gasteiger partial charge on any atom is 0.389 e. The van der Waals surface area contributed by atoms with Gasteiger partial charge in [-0.3, -0.25) is 4.79 Å². The van der Waals surface area contributed by atoms with Crippen LogP contribution in [0, 0.1) is 0 Å². The standard InChI is InChI=1S/C10H19F3N2O/c1-8(2)15(7-3-6-14)9(16)4-5-10(11,12)13/h8H,3-7,14H2,1-2H3. The van der Waals surface area contributed by atoms with Gasteiger partial charge in [-0.15, -0.1) is 0 Å². The second-order valence-corrected chi connectivity index (χ2v) is 3.94. The SMILES string of the molecule is CC(C)N(CCCN)C(=O)CCC(F)(F)F. The van der Waals surface area contributed by atoms with Gasteiger partial charge in [0, 0.05) is 19.0 Å². The quantitative estimate of drug-likeness (QED) is 0.771. The van der Waals surface area contributed by atoms with Crippen LogP contribution in [0.4, 0.5) is 13.2 Å². The van der Waals surface area contributed by atoms with Crippen LogP contribution in [-0.4, -0.2) is 36.1 Å². The second kappa shape index (κ2) is 6.73. The molecule has 96 valence electrons. The molecule has 0 heterocycles. The van der Waals surface area contributed by atoms with Crippen LogP contribution in [0.25, 0.3) is 0 Å². The average Bonchev–Trinajstić information content (AvgIpc) is 2.13. The number of hydrogen-bond acceptors (Lipinski definition) is 2. The van der Waals surface area contributed by atoms with Crippen LogP contribution in [0.2, 0.25) is 0 Å². The van der Waals surface area contributed by atoms with Crippen molar-refractivity contribution in [3.63, 3.8) is 0 Å². The molecule has 0 aromatic heterocycles. The molecular weight excluding hydrogens is 221 g/mol. The molecule has 0 aliphatic heterocycles. The van der Waals surface area contributed by atoms with Gasteiger partial charge in [0.05, 0.1) is 6.42 Å². The minimum atomic E-state index is -4.27. The van der Waals surface area contributed by atoms with Crippen molar-refractivity contribution in [1.82, 2.24) is 4.90 Å². The zero-order valence-corrected chi connectivity index (χ0v) is 9.68. The highest BCUT2D eigenvalue weighted by Gasteiger charge is 2.29. The topological polar surface area (TPSA) is 46.3 Å². The van der Waals surface area contributed by atoms with Crippen LogP contribution in [0.15, 0.2) is 0 Å². The largest absolute Gasteiger partial charge is 0.389 e. The van der Waals surface area contributed by atoms with Crippen LogP contribution < -0.4 is 5.73 Å². The number of nitrogens with zero attached hydrogens (tertiary/aromatic N) is 1. The van der Waals surface area contributed by atoms with Crippen molar-refractivity contribution in [2.24, 2.45) is 5.73 Å². The molecular formula is C10H19F3N2O. The Morgan fingerprint density at radius 1 is 1.38 bits per heavy atom. The smallest absolute Gasteiger partial charge is 0.340 e. The molecule has 0 spiro atoms.